The number of halogens is 2. The number of aromatic hydroxyl groups is 1. The van der Waals surface area contributed by atoms with E-state index in [9.17, 15) is 9.90 Å². The van der Waals surface area contributed by atoms with Crippen LogP contribution < -0.4 is 10.5 Å². The molecule has 3 rings (SSSR count). The van der Waals surface area contributed by atoms with Crippen molar-refractivity contribution in [3.8, 4) is 22.6 Å². The molecule has 0 aliphatic carbocycles. The molecule has 0 aliphatic rings. The lowest BCUT2D eigenvalue weighted by Crippen LogP contribution is -2.20. The van der Waals surface area contributed by atoms with E-state index < -0.39 is 5.91 Å². The van der Waals surface area contributed by atoms with Crippen LogP contribution in [0.3, 0.4) is 0 Å². The number of rotatable bonds is 6. The van der Waals surface area contributed by atoms with Gasteiger partial charge in [-0.15, -0.1) is 0 Å². The topological polar surface area (TPSA) is 98.6 Å². The van der Waals surface area contributed by atoms with Crippen LogP contribution in [0.1, 0.15) is 11.1 Å². The van der Waals surface area contributed by atoms with Gasteiger partial charge >= 0.3 is 0 Å². The summed E-state index contributed by atoms with van der Waals surface area (Å²) in [6, 6.07) is 8.33. The van der Waals surface area contributed by atoms with Gasteiger partial charge in [0.1, 0.15) is 17.8 Å². The summed E-state index contributed by atoms with van der Waals surface area (Å²) in [5.41, 5.74) is 7.89. The van der Waals surface area contributed by atoms with Crippen molar-refractivity contribution in [3.05, 3.63) is 64.0 Å². The SMILES string of the molecule is NC(=O)COc1cc(Cl)c(Cc2ccc(O)c(-c3cnoc3)c2)c(Cl)c1. The van der Waals surface area contributed by atoms with Crippen molar-refractivity contribution in [1.82, 2.24) is 5.16 Å². The molecule has 0 radical (unpaired) electrons. The number of carbonyl (C=O) groups excluding carboxylic acids is 1. The minimum absolute atomic E-state index is 0.115. The van der Waals surface area contributed by atoms with Gasteiger partial charge in [-0.3, -0.25) is 4.79 Å². The summed E-state index contributed by atoms with van der Waals surface area (Å²) in [6.07, 6.45) is 3.40. The van der Waals surface area contributed by atoms with Crippen molar-refractivity contribution < 1.29 is 19.2 Å². The van der Waals surface area contributed by atoms with Crippen LogP contribution in [0.15, 0.2) is 47.3 Å². The van der Waals surface area contributed by atoms with E-state index in [4.69, 9.17) is 38.2 Å². The number of amides is 1. The molecular weight excluding hydrogens is 379 g/mol. The summed E-state index contributed by atoms with van der Waals surface area (Å²) < 4.78 is 10.0. The van der Waals surface area contributed by atoms with Crippen molar-refractivity contribution in [3.63, 3.8) is 0 Å². The van der Waals surface area contributed by atoms with E-state index in [1.807, 2.05) is 6.07 Å². The standard InChI is InChI=1S/C18H14Cl2N2O4/c19-15-5-12(25-9-18(21)24)6-16(20)14(15)4-10-1-2-17(23)13(3-10)11-7-22-26-8-11/h1-3,5-8,23H,4,9H2,(H2,21,24). The number of nitrogens with zero attached hydrogens (tertiary/aromatic N) is 1. The molecule has 0 unspecified atom stereocenters. The van der Waals surface area contributed by atoms with Crippen LogP contribution in [-0.2, 0) is 11.2 Å². The Kier molecular flexibility index (Phi) is 5.35. The molecule has 3 aromatic rings. The Morgan fingerprint density at radius 1 is 1.23 bits per heavy atom. The Balaban J connectivity index is 1.87. The maximum Gasteiger partial charge on any atom is 0.255 e. The predicted octanol–water partition coefficient (Wildman–Crippen LogP) is 3.81. The van der Waals surface area contributed by atoms with Crippen LogP contribution >= 0.6 is 23.2 Å². The maximum atomic E-state index is 10.8. The largest absolute Gasteiger partial charge is 0.507 e. The van der Waals surface area contributed by atoms with Crippen molar-refractivity contribution in [2.45, 2.75) is 6.42 Å². The molecule has 2 aromatic carbocycles. The van der Waals surface area contributed by atoms with Crippen LogP contribution in [-0.4, -0.2) is 22.8 Å². The van der Waals surface area contributed by atoms with Gasteiger partial charge in [-0.1, -0.05) is 34.4 Å². The van der Waals surface area contributed by atoms with Gasteiger partial charge in [-0.25, -0.2) is 0 Å². The molecule has 1 heterocycles. The molecule has 6 nitrogen and oxygen atoms in total. The fraction of sp³-hybridized carbons (Fsp3) is 0.111. The summed E-state index contributed by atoms with van der Waals surface area (Å²) >= 11 is 12.6. The van der Waals surface area contributed by atoms with Gasteiger partial charge in [-0.05, 0) is 35.4 Å². The molecule has 1 aromatic heterocycles. The lowest BCUT2D eigenvalue weighted by atomic mass is 9.99. The number of carbonyl (C=O) groups is 1. The van der Waals surface area contributed by atoms with Crippen LogP contribution in [0.2, 0.25) is 10.0 Å². The Bertz CT molecular complexity index is 919. The summed E-state index contributed by atoms with van der Waals surface area (Å²) in [6.45, 7) is -0.258. The maximum absolute atomic E-state index is 10.8. The number of benzene rings is 2. The number of aromatic nitrogens is 1. The second-order valence-electron chi connectivity index (χ2n) is 5.56. The van der Waals surface area contributed by atoms with Crippen LogP contribution in [0.5, 0.6) is 11.5 Å². The van der Waals surface area contributed by atoms with Gasteiger partial charge in [0.2, 0.25) is 0 Å². The molecule has 1 amide bonds. The molecule has 0 fully saturated rings. The first-order valence-corrected chi connectivity index (χ1v) is 8.30. The molecule has 3 N–H and O–H groups in total. The normalized spacial score (nSPS) is 10.7. The van der Waals surface area contributed by atoms with Gasteiger partial charge in [0, 0.05) is 27.6 Å². The number of phenols is 1. The average Bonchev–Trinajstić information content (AvgIpc) is 3.12. The third-order valence-corrected chi connectivity index (χ3v) is 4.36. The fourth-order valence-corrected chi connectivity index (χ4v) is 3.05. The van der Waals surface area contributed by atoms with E-state index in [0.717, 1.165) is 5.56 Å². The van der Waals surface area contributed by atoms with E-state index in [-0.39, 0.29) is 12.4 Å². The second-order valence-corrected chi connectivity index (χ2v) is 6.38. The number of nitrogens with two attached hydrogens (primary N) is 1. The van der Waals surface area contributed by atoms with Crippen molar-refractivity contribution in [2.24, 2.45) is 5.73 Å². The summed E-state index contributed by atoms with van der Waals surface area (Å²) in [5.74, 6) is -0.116. The summed E-state index contributed by atoms with van der Waals surface area (Å²) in [4.78, 5) is 10.8. The zero-order valence-electron chi connectivity index (χ0n) is 13.4. The van der Waals surface area contributed by atoms with Crippen LogP contribution in [0.4, 0.5) is 0 Å². The van der Waals surface area contributed by atoms with E-state index in [1.54, 1.807) is 24.3 Å². The first kappa shape index (κ1) is 18.1. The number of ether oxygens (including phenoxy) is 1. The quantitative estimate of drug-likeness (QED) is 0.664. The lowest BCUT2D eigenvalue weighted by Gasteiger charge is -2.12. The highest BCUT2D eigenvalue weighted by molar-refractivity contribution is 6.36. The van der Waals surface area contributed by atoms with Crippen LogP contribution in [0.25, 0.3) is 11.1 Å². The average molecular weight is 393 g/mol. The van der Waals surface area contributed by atoms with Crippen molar-refractivity contribution in [1.29, 1.82) is 0 Å². The molecule has 8 heteroatoms. The summed E-state index contributed by atoms with van der Waals surface area (Å²) in [7, 11) is 0. The second kappa shape index (κ2) is 7.68. The summed E-state index contributed by atoms with van der Waals surface area (Å²) in [5, 5.41) is 14.5. The molecule has 26 heavy (non-hydrogen) atoms. The first-order chi connectivity index (χ1) is 12.4. The van der Waals surface area contributed by atoms with E-state index in [2.05, 4.69) is 5.16 Å². The van der Waals surface area contributed by atoms with Crippen molar-refractivity contribution >= 4 is 29.1 Å². The lowest BCUT2D eigenvalue weighted by molar-refractivity contribution is -0.119. The number of hydrogen-bond acceptors (Lipinski definition) is 5. The smallest absolute Gasteiger partial charge is 0.255 e. The third-order valence-electron chi connectivity index (χ3n) is 3.68. The Hall–Kier alpha value is -2.70. The molecule has 0 spiro atoms. The zero-order chi connectivity index (χ0) is 18.7. The molecule has 0 bridgehead atoms. The van der Waals surface area contributed by atoms with Gasteiger partial charge in [0.05, 0.1) is 6.20 Å². The molecular formula is C18H14Cl2N2O4. The van der Waals surface area contributed by atoms with Gasteiger partial charge in [0.25, 0.3) is 5.91 Å². The number of hydrogen-bond donors (Lipinski definition) is 2. The van der Waals surface area contributed by atoms with Gasteiger partial charge in [0.15, 0.2) is 6.61 Å². The highest BCUT2D eigenvalue weighted by atomic mass is 35.5. The van der Waals surface area contributed by atoms with E-state index in [0.29, 0.717) is 38.9 Å². The first-order valence-electron chi connectivity index (χ1n) is 7.54. The predicted molar refractivity (Wildman–Crippen MR) is 97.6 cm³/mol. The van der Waals surface area contributed by atoms with Gasteiger partial charge < -0.3 is 20.1 Å². The molecule has 0 aliphatic heterocycles. The Labute approximate surface area is 159 Å². The minimum atomic E-state index is -0.591. The Morgan fingerprint density at radius 3 is 2.58 bits per heavy atom. The molecule has 134 valence electrons. The molecule has 0 atom stereocenters. The third kappa shape index (κ3) is 4.09. The minimum Gasteiger partial charge on any atom is -0.507 e. The highest BCUT2D eigenvalue weighted by Crippen LogP contribution is 2.34. The zero-order valence-corrected chi connectivity index (χ0v) is 14.9. The highest BCUT2D eigenvalue weighted by Gasteiger charge is 2.13. The number of phenolic OH excluding ortho intramolecular Hbond substituents is 1. The molecule has 0 saturated heterocycles. The number of primary amides is 1. The Morgan fingerprint density at radius 2 is 1.96 bits per heavy atom. The monoisotopic (exact) mass is 392 g/mol. The van der Waals surface area contributed by atoms with Crippen LogP contribution in [0, 0.1) is 0 Å². The fourth-order valence-electron chi connectivity index (χ4n) is 2.45. The van der Waals surface area contributed by atoms with E-state index >= 15 is 0 Å². The molecule has 0 saturated carbocycles. The van der Waals surface area contributed by atoms with Gasteiger partial charge in [-0.2, -0.15) is 0 Å². The van der Waals surface area contributed by atoms with E-state index in [1.165, 1.54) is 12.5 Å². The van der Waals surface area contributed by atoms with Crippen molar-refractivity contribution in [2.75, 3.05) is 6.61 Å².